The fraction of sp³-hybridized carbons (Fsp3) is 0.455. The van der Waals surface area contributed by atoms with Crippen LogP contribution in [0.1, 0.15) is 18.1 Å². The van der Waals surface area contributed by atoms with Crippen molar-refractivity contribution >= 4 is 0 Å². The molecule has 0 fully saturated rings. The highest BCUT2D eigenvalue weighted by atomic mass is 16.3. The number of hydrogen-bond acceptors (Lipinski definition) is 1. The molecule has 0 saturated heterocycles. The van der Waals surface area contributed by atoms with Crippen LogP contribution >= 0.6 is 0 Å². The van der Waals surface area contributed by atoms with Gasteiger partial charge in [-0.3, -0.25) is 0 Å². The van der Waals surface area contributed by atoms with Crippen molar-refractivity contribution in [2.24, 2.45) is 5.92 Å². The van der Waals surface area contributed by atoms with Crippen LogP contribution in [0, 0.1) is 12.8 Å². The fourth-order valence-electron chi connectivity index (χ4n) is 1.31. The van der Waals surface area contributed by atoms with Crippen molar-refractivity contribution in [2.75, 3.05) is 6.61 Å². The molecule has 0 aliphatic carbocycles. The molecule has 0 radical (unpaired) electrons. The molecule has 1 heteroatoms. The zero-order valence-corrected chi connectivity index (χ0v) is 7.75. The van der Waals surface area contributed by atoms with E-state index < -0.39 is 0 Å². The van der Waals surface area contributed by atoms with Crippen molar-refractivity contribution in [3.05, 3.63) is 35.4 Å². The summed E-state index contributed by atoms with van der Waals surface area (Å²) < 4.78 is 0. The van der Waals surface area contributed by atoms with Crippen LogP contribution in [-0.2, 0) is 6.42 Å². The quantitative estimate of drug-likeness (QED) is 0.726. The zero-order valence-electron chi connectivity index (χ0n) is 7.75. The van der Waals surface area contributed by atoms with Gasteiger partial charge < -0.3 is 5.11 Å². The van der Waals surface area contributed by atoms with Crippen LogP contribution in [0.2, 0.25) is 0 Å². The highest BCUT2D eigenvalue weighted by molar-refractivity contribution is 5.22. The maximum Gasteiger partial charge on any atom is 0.0459 e. The minimum absolute atomic E-state index is 0.272. The van der Waals surface area contributed by atoms with Gasteiger partial charge in [0.15, 0.2) is 0 Å². The number of benzene rings is 1. The third-order valence-corrected chi connectivity index (χ3v) is 1.98. The minimum Gasteiger partial charge on any atom is -0.396 e. The number of hydrogen-bond donors (Lipinski definition) is 1. The van der Waals surface area contributed by atoms with Crippen molar-refractivity contribution in [1.82, 2.24) is 0 Å². The lowest BCUT2D eigenvalue weighted by molar-refractivity contribution is 0.237. The third kappa shape index (κ3) is 2.67. The van der Waals surface area contributed by atoms with Crippen LogP contribution in [0.3, 0.4) is 0 Å². The third-order valence-electron chi connectivity index (χ3n) is 1.98. The topological polar surface area (TPSA) is 20.2 Å². The summed E-state index contributed by atoms with van der Waals surface area (Å²) in [6.07, 6.45) is 0.970. The smallest absolute Gasteiger partial charge is 0.0459 e. The Kier molecular flexibility index (Phi) is 3.30. The first-order valence-corrected chi connectivity index (χ1v) is 4.38. The minimum atomic E-state index is 0.272. The standard InChI is InChI=1S/C11H16O/c1-9-4-3-5-11(6-9)7-10(2)8-12/h3-6,10,12H,7-8H2,1-2H3/t10-/m0/s1. The molecule has 1 N–H and O–H groups in total. The molecule has 0 heterocycles. The van der Waals surface area contributed by atoms with E-state index >= 15 is 0 Å². The first kappa shape index (κ1) is 9.27. The van der Waals surface area contributed by atoms with Crippen LogP contribution in [0.4, 0.5) is 0 Å². The van der Waals surface area contributed by atoms with E-state index in [-0.39, 0.29) is 6.61 Å². The van der Waals surface area contributed by atoms with Crippen LogP contribution < -0.4 is 0 Å². The Morgan fingerprint density at radius 1 is 1.42 bits per heavy atom. The van der Waals surface area contributed by atoms with Gasteiger partial charge in [-0.15, -0.1) is 0 Å². The highest BCUT2D eigenvalue weighted by Gasteiger charge is 2.00. The Labute approximate surface area is 74.1 Å². The molecule has 0 unspecified atom stereocenters. The van der Waals surface area contributed by atoms with Crippen LogP contribution in [0.5, 0.6) is 0 Å². The van der Waals surface area contributed by atoms with Gasteiger partial charge in [0.05, 0.1) is 0 Å². The lowest BCUT2D eigenvalue weighted by Crippen LogP contribution is -2.04. The van der Waals surface area contributed by atoms with E-state index in [2.05, 4.69) is 38.1 Å². The SMILES string of the molecule is Cc1cccc(C[C@H](C)CO)c1. The molecule has 1 aromatic rings. The molecule has 0 aromatic heterocycles. The number of aliphatic hydroxyl groups is 1. The maximum absolute atomic E-state index is 8.87. The Balaban J connectivity index is 2.63. The molecule has 1 nitrogen and oxygen atoms in total. The average molecular weight is 164 g/mol. The normalized spacial score (nSPS) is 12.9. The van der Waals surface area contributed by atoms with Crippen LogP contribution in [0.15, 0.2) is 24.3 Å². The van der Waals surface area contributed by atoms with E-state index in [4.69, 9.17) is 5.11 Å². The molecule has 0 amide bonds. The molecule has 0 aliphatic rings. The van der Waals surface area contributed by atoms with Gasteiger partial charge >= 0.3 is 0 Å². The summed E-state index contributed by atoms with van der Waals surface area (Å²) in [6.45, 7) is 4.42. The van der Waals surface area contributed by atoms with Crippen LogP contribution in [0.25, 0.3) is 0 Å². The summed E-state index contributed by atoms with van der Waals surface area (Å²) in [5.74, 6) is 0.367. The zero-order chi connectivity index (χ0) is 8.97. The highest BCUT2D eigenvalue weighted by Crippen LogP contribution is 2.09. The Bertz CT molecular complexity index is 243. The summed E-state index contributed by atoms with van der Waals surface area (Å²) in [6, 6.07) is 8.44. The van der Waals surface area contributed by atoms with Gasteiger partial charge in [0.2, 0.25) is 0 Å². The van der Waals surface area contributed by atoms with Crippen molar-refractivity contribution < 1.29 is 5.11 Å². The van der Waals surface area contributed by atoms with E-state index in [9.17, 15) is 0 Å². The van der Waals surface area contributed by atoms with Gasteiger partial charge in [-0.1, -0.05) is 36.8 Å². The van der Waals surface area contributed by atoms with Gasteiger partial charge in [0, 0.05) is 6.61 Å². The lowest BCUT2D eigenvalue weighted by Gasteiger charge is -2.07. The van der Waals surface area contributed by atoms with Gasteiger partial charge in [-0.2, -0.15) is 0 Å². The molecular weight excluding hydrogens is 148 g/mol. The summed E-state index contributed by atoms with van der Waals surface area (Å²) in [5, 5.41) is 8.87. The van der Waals surface area contributed by atoms with E-state index in [0.717, 1.165) is 6.42 Å². The molecule has 66 valence electrons. The molecule has 0 saturated carbocycles. The monoisotopic (exact) mass is 164 g/mol. The maximum atomic E-state index is 8.87. The van der Waals surface area contributed by atoms with Gasteiger partial charge in [0.25, 0.3) is 0 Å². The predicted molar refractivity (Wildman–Crippen MR) is 51.1 cm³/mol. The van der Waals surface area contributed by atoms with E-state index in [0.29, 0.717) is 5.92 Å². The van der Waals surface area contributed by atoms with Gasteiger partial charge in [-0.05, 0) is 24.8 Å². The predicted octanol–water partition coefficient (Wildman–Crippen LogP) is 2.17. The second-order valence-electron chi connectivity index (χ2n) is 3.48. The molecule has 0 spiro atoms. The molecule has 0 aliphatic heterocycles. The van der Waals surface area contributed by atoms with Gasteiger partial charge in [0.1, 0.15) is 0 Å². The van der Waals surface area contributed by atoms with Crippen molar-refractivity contribution in [3.8, 4) is 0 Å². The first-order chi connectivity index (χ1) is 5.72. The van der Waals surface area contributed by atoms with Crippen molar-refractivity contribution in [2.45, 2.75) is 20.3 Å². The summed E-state index contributed by atoms with van der Waals surface area (Å²) in [4.78, 5) is 0. The molecule has 1 atom stereocenters. The van der Waals surface area contributed by atoms with Crippen molar-refractivity contribution in [3.63, 3.8) is 0 Å². The van der Waals surface area contributed by atoms with E-state index in [1.807, 2.05) is 0 Å². The molecule has 0 bridgehead atoms. The number of aryl methyl sites for hydroxylation is 1. The van der Waals surface area contributed by atoms with E-state index in [1.165, 1.54) is 11.1 Å². The Morgan fingerprint density at radius 3 is 2.75 bits per heavy atom. The second kappa shape index (κ2) is 4.27. The Morgan fingerprint density at radius 2 is 2.17 bits per heavy atom. The number of aliphatic hydroxyl groups excluding tert-OH is 1. The molecule has 1 aromatic carbocycles. The molecule has 12 heavy (non-hydrogen) atoms. The summed E-state index contributed by atoms with van der Waals surface area (Å²) in [7, 11) is 0. The van der Waals surface area contributed by atoms with Crippen LogP contribution in [-0.4, -0.2) is 11.7 Å². The lowest BCUT2D eigenvalue weighted by atomic mass is 10.0. The second-order valence-corrected chi connectivity index (χ2v) is 3.48. The van der Waals surface area contributed by atoms with E-state index in [1.54, 1.807) is 0 Å². The summed E-state index contributed by atoms with van der Waals surface area (Å²) in [5.41, 5.74) is 2.61. The molecular formula is C11H16O. The first-order valence-electron chi connectivity index (χ1n) is 4.38. The molecule has 1 rings (SSSR count). The summed E-state index contributed by atoms with van der Waals surface area (Å²) >= 11 is 0. The number of rotatable bonds is 3. The average Bonchev–Trinajstić information content (AvgIpc) is 2.04. The van der Waals surface area contributed by atoms with Gasteiger partial charge in [-0.25, -0.2) is 0 Å². The van der Waals surface area contributed by atoms with Crippen molar-refractivity contribution in [1.29, 1.82) is 0 Å². The fourth-order valence-corrected chi connectivity index (χ4v) is 1.31. The Hall–Kier alpha value is -0.820. The largest absolute Gasteiger partial charge is 0.396 e.